The predicted molar refractivity (Wildman–Crippen MR) is 89.2 cm³/mol. The number of benzene rings is 1. The number of fused-ring (bicyclic) bond motifs is 1. The number of hydrogen-bond donors (Lipinski definition) is 2. The number of hydrogen-bond acceptors (Lipinski definition) is 6. The molecule has 3 aromatic rings. The summed E-state index contributed by atoms with van der Waals surface area (Å²) in [4.78, 5) is 28.2. The van der Waals surface area contributed by atoms with E-state index >= 15 is 0 Å². The summed E-state index contributed by atoms with van der Waals surface area (Å²) in [6.45, 7) is 0.103. The molecular formula is C15H13N3O3S2. The lowest BCUT2D eigenvalue weighted by Gasteiger charge is -2.06. The molecule has 0 aliphatic heterocycles. The molecule has 2 amide bonds. The van der Waals surface area contributed by atoms with Gasteiger partial charge in [-0.1, -0.05) is 18.2 Å². The van der Waals surface area contributed by atoms with Gasteiger partial charge in [-0.25, -0.2) is 4.98 Å². The van der Waals surface area contributed by atoms with Crippen LogP contribution in [0.3, 0.4) is 0 Å². The third-order valence-electron chi connectivity index (χ3n) is 2.86. The van der Waals surface area contributed by atoms with Crippen LogP contribution in [0.15, 0.2) is 41.8 Å². The monoisotopic (exact) mass is 347 g/mol. The van der Waals surface area contributed by atoms with Crippen LogP contribution in [0.25, 0.3) is 10.2 Å². The summed E-state index contributed by atoms with van der Waals surface area (Å²) >= 11 is 2.83. The third kappa shape index (κ3) is 4.13. The maximum atomic E-state index is 11.6. The fourth-order valence-electron chi connectivity index (χ4n) is 1.84. The van der Waals surface area contributed by atoms with E-state index in [1.54, 1.807) is 17.5 Å². The molecule has 3 rings (SSSR count). The molecule has 0 aliphatic carbocycles. The van der Waals surface area contributed by atoms with Gasteiger partial charge in [0.05, 0.1) is 21.7 Å². The molecule has 2 heterocycles. The van der Waals surface area contributed by atoms with Crippen molar-refractivity contribution in [3.63, 3.8) is 0 Å². The van der Waals surface area contributed by atoms with Crippen LogP contribution in [0.5, 0.6) is 0 Å². The molecule has 0 radical (unpaired) electrons. The quantitative estimate of drug-likeness (QED) is 0.694. The minimum atomic E-state index is -0.420. The Kier molecular flexibility index (Phi) is 4.96. The van der Waals surface area contributed by atoms with Gasteiger partial charge in [0.15, 0.2) is 0 Å². The number of carbonyl (C=O) groups is 2. The molecule has 0 spiro atoms. The molecule has 118 valence electrons. The molecule has 0 fully saturated rings. The molecule has 0 atom stereocenters. The molecule has 6 nitrogen and oxygen atoms in total. The number of amides is 2. The summed E-state index contributed by atoms with van der Waals surface area (Å²) in [5, 5.41) is 2.60. The lowest BCUT2D eigenvalue weighted by molar-refractivity contribution is -0.126. The minimum Gasteiger partial charge on any atom is -0.364 e. The Hall–Kier alpha value is -2.29. The number of nitrogens with one attached hydrogen (secondary N) is 2. The highest BCUT2D eigenvalue weighted by atomic mass is 32.1. The van der Waals surface area contributed by atoms with E-state index in [0.29, 0.717) is 4.88 Å². The molecule has 0 saturated carbocycles. The van der Waals surface area contributed by atoms with Crippen molar-refractivity contribution in [3.8, 4) is 0 Å². The summed E-state index contributed by atoms with van der Waals surface area (Å²) in [6.07, 6.45) is 0. The number of para-hydroxylation sites is 1. The van der Waals surface area contributed by atoms with Gasteiger partial charge >= 0.3 is 0 Å². The highest BCUT2D eigenvalue weighted by Gasteiger charge is 2.09. The van der Waals surface area contributed by atoms with Gasteiger partial charge in [0.1, 0.15) is 11.6 Å². The summed E-state index contributed by atoms with van der Waals surface area (Å²) in [6, 6.07) is 11.2. The standard InChI is InChI=1S/C15H13N3O3S2/c19-13(17-18-15(20)12-6-3-7-22-12)8-21-9-14-16-10-4-1-2-5-11(10)23-14/h1-7H,8-9H2,(H,17,19)(H,18,20). The lowest BCUT2D eigenvalue weighted by Crippen LogP contribution is -2.43. The maximum absolute atomic E-state index is 11.6. The van der Waals surface area contributed by atoms with Crippen molar-refractivity contribution in [2.75, 3.05) is 6.61 Å². The van der Waals surface area contributed by atoms with Gasteiger partial charge in [0, 0.05) is 0 Å². The number of rotatable bonds is 5. The Morgan fingerprint density at radius 2 is 2.00 bits per heavy atom. The summed E-state index contributed by atoms with van der Waals surface area (Å²) < 4.78 is 6.40. The highest BCUT2D eigenvalue weighted by Crippen LogP contribution is 2.21. The van der Waals surface area contributed by atoms with E-state index in [4.69, 9.17) is 4.74 Å². The van der Waals surface area contributed by atoms with E-state index in [0.717, 1.165) is 15.2 Å². The van der Waals surface area contributed by atoms with E-state index in [-0.39, 0.29) is 19.1 Å². The fourth-order valence-corrected chi connectivity index (χ4v) is 3.37. The van der Waals surface area contributed by atoms with Crippen LogP contribution in [0.1, 0.15) is 14.7 Å². The second-order valence-electron chi connectivity index (χ2n) is 4.55. The highest BCUT2D eigenvalue weighted by molar-refractivity contribution is 7.18. The Balaban J connectivity index is 1.41. The Bertz CT molecular complexity index is 781. The number of carbonyl (C=O) groups excluding carboxylic acids is 2. The van der Waals surface area contributed by atoms with Crippen molar-refractivity contribution < 1.29 is 14.3 Å². The Morgan fingerprint density at radius 1 is 1.13 bits per heavy atom. The van der Waals surface area contributed by atoms with Crippen LogP contribution in [0.4, 0.5) is 0 Å². The van der Waals surface area contributed by atoms with Crippen LogP contribution < -0.4 is 10.9 Å². The van der Waals surface area contributed by atoms with E-state index in [1.165, 1.54) is 22.7 Å². The molecule has 0 bridgehead atoms. The van der Waals surface area contributed by atoms with Crippen LogP contribution in [-0.2, 0) is 16.1 Å². The average Bonchev–Trinajstić information content (AvgIpc) is 3.21. The van der Waals surface area contributed by atoms with Crippen LogP contribution in [0.2, 0.25) is 0 Å². The van der Waals surface area contributed by atoms with Gasteiger partial charge in [-0.05, 0) is 23.6 Å². The zero-order valence-electron chi connectivity index (χ0n) is 11.9. The average molecular weight is 347 g/mol. The second kappa shape index (κ2) is 7.32. The van der Waals surface area contributed by atoms with Crippen LogP contribution in [-0.4, -0.2) is 23.4 Å². The number of thiazole rings is 1. The molecule has 0 unspecified atom stereocenters. The lowest BCUT2D eigenvalue weighted by atomic mass is 10.3. The minimum absolute atomic E-state index is 0.152. The van der Waals surface area contributed by atoms with Crippen molar-refractivity contribution in [1.82, 2.24) is 15.8 Å². The molecule has 0 saturated heterocycles. The predicted octanol–water partition coefficient (Wildman–Crippen LogP) is 2.34. The molecule has 8 heteroatoms. The number of ether oxygens (including phenoxy) is 1. The Morgan fingerprint density at radius 3 is 2.78 bits per heavy atom. The molecular weight excluding hydrogens is 334 g/mol. The normalized spacial score (nSPS) is 10.6. The van der Waals surface area contributed by atoms with E-state index in [9.17, 15) is 9.59 Å². The fraction of sp³-hybridized carbons (Fsp3) is 0.133. The molecule has 1 aromatic carbocycles. The van der Waals surface area contributed by atoms with Gasteiger partial charge < -0.3 is 4.74 Å². The zero-order chi connectivity index (χ0) is 16.1. The van der Waals surface area contributed by atoms with E-state index in [2.05, 4.69) is 15.8 Å². The first-order chi connectivity index (χ1) is 11.2. The largest absolute Gasteiger partial charge is 0.364 e. The molecule has 23 heavy (non-hydrogen) atoms. The number of hydrazine groups is 1. The topological polar surface area (TPSA) is 80.3 Å². The van der Waals surface area contributed by atoms with Crippen molar-refractivity contribution in [2.45, 2.75) is 6.61 Å². The molecule has 2 N–H and O–H groups in total. The number of aromatic nitrogens is 1. The van der Waals surface area contributed by atoms with Crippen LogP contribution >= 0.6 is 22.7 Å². The van der Waals surface area contributed by atoms with Crippen molar-refractivity contribution >= 4 is 44.7 Å². The van der Waals surface area contributed by atoms with E-state index < -0.39 is 5.91 Å². The maximum Gasteiger partial charge on any atom is 0.279 e. The van der Waals surface area contributed by atoms with Gasteiger partial charge in [0.25, 0.3) is 11.8 Å². The van der Waals surface area contributed by atoms with Gasteiger partial charge in [-0.3, -0.25) is 20.4 Å². The van der Waals surface area contributed by atoms with Crippen molar-refractivity contribution in [2.24, 2.45) is 0 Å². The van der Waals surface area contributed by atoms with Gasteiger partial charge in [-0.2, -0.15) is 0 Å². The first kappa shape index (κ1) is 15.6. The summed E-state index contributed by atoms with van der Waals surface area (Å²) in [7, 11) is 0. The SMILES string of the molecule is O=C(COCc1nc2ccccc2s1)NNC(=O)c1cccs1. The van der Waals surface area contributed by atoms with E-state index in [1.807, 2.05) is 24.3 Å². The number of thiophene rings is 1. The smallest absolute Gasteiger partial charge is 0.279 e. The first-order valence-electron chi connectivity index (χ1n) is 6.77. The third-order valence-corrected chi connectivity index (χ3v) is 4.74. The van der Waals surface area contributed by atoms with Gasteiger partial charge in [-0.15, -0.1) is 22.7 Å². The first-order valence-corrected chi connectivity index (χ1v) is 8.47. The number of nitrogens with zero attached hydrogens (tertiary/aromatic N) is 1. The van der Waals surface area contributed by atoms with Gasteiger partial charge in [0.2, 0.25) is 0 Å². The van der Waals surface area contributed by atoms with Crippen molar-refractivity contribution in [3.05, 3.63) is 51.7 Å². The molecule has 0 aliphatic rings. The molecule has 2 aromatic heterocycles. The summed E-state index contributed by atoms with van der Waals surface area (Å²) in [5.74, 6) is -0.768. The van der Waals surface area contributed by atoms with Crippen molar-refractivity contribution in [1.29, 1.82) is 0 Å². The Labute approximate surface area is 140 Å². The second-order valence-corrected chi connectivity index (χ2v) is 6.61. The summed E-state index contributed by atoms with van der Waals surface area (Å²) in [5.41, 5.74) is 5.56. The zero-order valence-corrected chi connectivity index (χ0v) is 13.6. The van der Waals surface area contributed by atoms with Crippen LogP contribution in [0, 0.1) is 0 Å².